The molecule has 1 N–H and O–H groups in total. The van der Waals surface area contributed by atoms with Crippen molar-refractivity contribution in [3.63, 3.8) is 0 Å². The third kappa shape index (κ3) is 2.78. The van der Waals surface area contributed by atoms with Crippen molar-refractivity contribution in [2.24, 2.45) is 0 Å². The van der Waals surface area contributed by atoms with Crippen LogP contribution in [-0.4, -0.2) is 17.5 Å². The Morgan fingerprint density at radius 1 is 0.926 bits per heavy atom. The van der Waals surface area contributed by atoms with Gasteiger partial charge in [0, 0.05) is 10.9 Å². The molecule has 1 heterocycles. The highest BCUT2D eigenvalue weighted by Gasteiger charge is 2.28. The maximum atomic E-state index is 13.8. The summed E-state index contributed by atoms with van der Waals surface area (Å²) in [5.74, 6) is -0.825. The second-order valence-electron chi connectivity index (χ2n) is 6.31. The first-order valence-electron chi connectivity index (χ1n) is 8.30. The van der Waals surface area contributed by atoms with Crippen molar-refractivity contribution in [1.29, 1.82) is 0 Å². The van der Waals surface area contributed by atoms with Crippen LogP contribution < -0.4 is 0 Å². The highest BCUT2D eigenvalue weighted by atomic mass is 32.2. The van der Waals surface area contributed by atoms with E-state index in [2.05, 4.69) is 0 Å². The topological polar surface area (TPSA) is 59.3 Å². The fraction of sp³-hybridized carbons (Fsp3) is 0.0476. The maximum absolute atomic E-state index is 13.8. The van der Waals surface area contributed by atoms with Gasteiger partial charge in [-0.2, -0.15) is 0 Å². The minimum absolute atomic E-state index is 0.0894. The number of aromatic hydroxyl groups is 1. The summed E-state index contributed by atoms with van der Waals surface area (Å²) in [6.45, 7) is 1.87. The Balaban J connectivity index is 2.12. The number of nitrogens with zero attached hydrogens (tertiary/aromatic N) is 1. The van der Waals surface area contributed by atoms with Gasteiger partial charge >= 0.3 is 0 Å². The van der Waals surface area contributed by atoms with Crippen LogP contribution in [0.5, 0.6) is 5.75 Å². The van der Waals surface area contributed by atoms with Crippen molar-refractivity contribution in [2.45, 2.75) is 11.8 Å². The summed E-state index contributed by atoms with van der Waals surface area (Å²) in [5, 5.41) is 10.9. The fourth-order valence-corrected chi connectivity index (χ4v) is 4.68. The molecule has 0 saturated carbocycles. The van der Waals surface area contributed by atoms with Crippen LogP contribution in [0.15, 0.2) is 77.7 Å². The molecule has 3 aromatic carbocycles. The number of fused-ring (bicyclic) bond motifs is 1. The molecule has 0 amide bonds. The van der Waals surface area contributed by atoms with Gasteiger partial charge in [-0.1, -0.05) is 48.0 Å². The monoisotopic (exact) mass is 381 g/mol. The van der Waals surface area contributed by atoms with E-state index in [1.54, 1.807) is 42.5 Å². The minimum Gasteiger partial charge on any atom is -0.505 e. The third-order valence-electron chi connectivity index (χ3n) is 4.47. The molecular weight excluding hydrogens is 365 g/mol. The number of halogens is 1. The lowest BCUT2D eigenvalue weighted by atomic mass is 10.1. The van der Waals surface area contributed by atoms with Crippen molar-refractivity contribution in [2.75, 3.05) is 0 Å². The van der Waals surface area contributed by atoms with Gasteiger partial charge in [0.15, 0.2) is 0 Å². The molecule has 0 aliphatic carbocycles. The van der Waals surface area contributed by atoms with Gasteiger partial charge in [-0.15, -0.1) is 0 Å². The van der Waals surface area contributed by atoms with E-state index in [-0.39, 0.29) is 27.2 Å². The van der Waals surface area contributed by atoms with Gasteiger partial charge in [0.1, 0.15) is 17.3 Å². The van der Waals surface area contributed by atoms with E-state index in [4.69, 9.17) is 0 Å². The highest BCUT2D eigenvalue weighted by Crippen LogP contribution is 2.41. The Morgan fingerprint density at radius 3 is 2.26 bits per heavy atom. The number of hydrogen-bond acceptors (Lipinski definition) is 3. The lowest BCUT2D eigenvalue weighted by Crippen LogP contribution is -2.14. The molecule has 0 fully saturated rings. The van der Waals surface area contributed by atoms with Gasteiger partial charge in [0.05, 0.1) is 10.4 Å². The van der Waals surface area contributed by atoms with Gasteiger partial charge in [-0.25, -0.2) is 16.8 Å². The van der Waals surface area contributed by atoms with Gasteiger partial charge < -0.3 is 5.11 Å². The average Bonchev–Trinajstić information content (AvgIpc) is 2.96. The van der Waals surface area contributed by atoms with Crippen molar-refractivity contribution >= 4 is 20.9 Å². The molecule has 0 radical (unpaired) electrons. The first-order chi connectivity index (χ1) is 12.9. The molecular formula is C21H16FNO3S. The van der Waals surface area contributed by atoms with Gasteiger partial charge in [-0.05, 0) is 37.3 Å². The van der Waals surface area contributed by atoms with E-state index in [1.807, 2.05) is 6.92 Å². The molecule has 0 bridgehead atoms. The number of aromatic nitrogens is 1. The molecule has 4 nitrogen and oxygen atoms in total. The van der Waals surface area contributed by atoms with Gasteiger partial charge in [0.2, 0.25) is 0 Å². The second-order valence-corrected chi connectivity index (χ2v) is 8.09. The van der Waals surface area contributed by atoms with Crippen molar-refractivity contribution in [3.8, 4) is 17.0 Å². The van der Waals surface area contributed by atoms with Crippen LogP contribution in [0.4, 0.5) is 4.39 Å². The Morgan fingerprint density at radius 2 is 1.59 bits per heavy atom. The van der Waals surface area contributed by atoms with Gasteiger partial charge in [-0.3, -0.25) is 0 Å². The molecule has 0 unspecified atom stereocenters. The molecule has 0 aliphatic rings. The van der Waals surface area contributed by atoms with Crippen LogP contribution in [-0.2, 0) is 10.0 Å². The van der Waals surface area contributed by atoms with Crippen molar-refractivity contribution in [3.05, 3.63) is 84.2 Å². The van der Waals surface area contributed by atoms with Crippen LogP contribution in [0.2, 0.25) is 0 Å². The van der Waals surface area contributed by atoms with E-state index in [1.165, 1.54) is 24.3 Å². The van der Waals surface area contributed by atoms with Crippen LogP contribution >= 0.6 is 0 Å². The lowest BCUT2D eigenvalue weighted by Gasteiger charge is -2.12. The van der Waals surface area contributed by atoms with E-state index >= 15 is 0 Å². The Labute approximate surface area is 156 Å². The first-order valence-corrected chi connectivity index (χ1v) is 9.74. The first kappa shape index (κ1) is 17.3. The fourth-order valence-electron chi connectivity index (χ4n) is 3.13. The summed E-state index contributed by atoms with van der Waals surface area (Å²) in [6.07, 6.45) is 0. The Kier molecular flexibility index (Phi) is 4.00. The molecule has 27 heavy (non-hydrogen) atoms. The summed E-state index contributed by atoms with van der Waals surface area (Å²) in [4.78, 5) is 0.0894. The molecule has 4 aromatic rings. The molecule has 0 spiro atoms. The molecule has 0 atom stereocenters. The zero-order valence-electron chi connectivity index (χ0n) is 14.4. The van der Waals surface area contributed by atoms with E-state index in [0.717, 1.165) is 15.6 Å². The predicted molar refractivity (Wildman–Crippen MR) is 103 cm³/mol. The van der Waals surface area contributed by atoms with Gasteiger partial charge in [0.25, 0.3) is 10.0 Å². The summed E-state index contributed by atoms with van der Waals surface area (Å²) >= 11 is 0. The lowest BCUT2D eigenvalue weighted by molar-refractivity contribution is 0.482. The quantitative estimate of drug-likeness (QED) is 0.560. The van der Waals surface area contributed by atoms with E-state index < -0.39 is 15.8 Å². The average molecular weight is 381 g/mol. The summed E-state index contributed by atoms with van der Waals surface area (Å²) in [6, 6.07) is 18.8. The smallest absolute Gasteiger partial charge is 0.268 e. The Hall–Kier alpha value is -3.12. The zero-order chi connectivity index (χ0) is 19.2. The van der Waals surface area contributed by atoms with Crippen molar-refractivity contribution in [1.82, 2.24) is 3.97 Å². The number of aryl methyl sites for hydroxylation is 1. The molecule has 136 valence electrons. The maximum Gasteiger partial charge on any atom is 0.268 e. The zero-order valence-corrected chi connectivity index (χ0v) is 15.2. The molecule has 4 rings (SSSR count). The molecule has 1 aromatic heterocycles. The molecule has 0 aliphatic heterocycles. The number of benzene rings is 3. The normalized spacial score (nSPS) is 11.8. The predicted octanol–water partition coefficient (Wildman–Crippen LogP) is 4.70. The third-order valence-corrected chi connectivity index (χ3v) is 6.19. The number of hydrogen-bond donors (Lipinski definition) is 1. The summed E-state index contributed by atoms with van der Waals surface area (Å²) < 4.78 is 41.7. The van der Waals surface area contributed by atoms with Crippen LogP contribution in [0.1, 0.15) is 5.56 Å². The highest BCUT2D eigenvalue weighted by molar-refractivity contribution is 7.90. The van der Waals surface area contributed by atoms with Crippen LogP contribution in [0, 0.1) is 12.7 Å². The molecule has 0 saturated heterocycles. The Bertz CT molecular complexity index is 1240. The summed E-state index contributed by atoms with van der Waals surface area (Å²) in [5.41, 5.74) is 1.77. The second kappa shape index (κ2) is 6.25. The number of rotatable bonds is 3. The van der Waals surface area contributed by atoms with E-state index in [9.17, 15) is 17.9 Å². The molecule has 6 heteroatoms. The van der Waals surface area contributed by atoms with Crippen LogP contribution in [0.25, 0.3) is 22.2 Å². The van der Waals surface area contributed by atoms with E-state index in [0.29, 0.717) is 5.56 Å². The SMILES string of the molecule is Cc1ccc(S(=O)(=O)n2c(-c3ccccc3)c(O)c3cc(F)ccc32)cc1. The largest absolute Gasteiger partial charge is 0.505 e. The summed E-state index contributed by atoms with van der Waals surface area (Å²) in [7, 11) is -4.02. The van der Waals surface area contributed by atoms with Crippen molar-refractivity contribution < 1.29 is 17.9 Å². The minimum atomic E-state index is -4.02. The standard InChI is InChI=1S/C21H16FNO3S/c1-14-7-10-17(11-8-14)27(25,26)23-19-12-9-16(22)13-18(19)21(24)20(23)15-5-3-2-4-6-15/h2-13,24H,1H3. The van der Waals surface area contributed by atoms with Crippen LogP contribution in [0.3, 0.4) is 0 Å².